The molecule has 0 bridgehead atoms. The number of nitrogens with one attached hydrogen (secondary N) is 1. The van der Waals surface area contributed by atoms with E-state index in [2.05, 4.69) is 10.1 Å². The molecular weight excluding hydrogens is 300 g/mol. The zero-order chi connectivity index (χ0) is 17.4. The first-order valence-electron chi connectivity index (χ1n) is 7.02. The van der Waals surface area contributed by atoms with Crippen LogP contribution in [0.1, 0.15) is 23.7 Å². The maximum Gasteiger partial charge on any atom is 0.325 e. The number of methoxy groups -OCH3 is 1. The number of nitrogens with zero attached hydrogens (tertiary/aromatic N) is 1. The Labute approximate surface area is 134 Å². The second-order valence-electron chi connectivity index (χ2n) is 5.02. The van der Waals surface area contributed by atoms with Gasteiger partial charge in [-0.25, -0.2) is 0 Å². The number of benzene rings is 1. The molecule has 0 saturated carbocycles. The number of hydrogen-bond donors (Lipinski definition) is 1. The lowest BCUT2D eigenvalue weighted by atomic mass is 10.0. The quantitative estimate of drug-likeness (QED) is 0.580. The molecule has 0 spiro atoms. The second kappa shape index (κ2) is 8.67. The third-order valence-corrected chi connectivity index (χ3v) is 3.13. The molecule has 7 heteroatoms. The molecule has 0 unspecified atom stereocenters. The summed E-state index contributed by atoms with van der Waals surface area (Å²) in [5.74, 6) is -1.83. The summed E-state index contributed by atoms with van der Waals surface area (Å²) in [7, 11) is 2.62. The molecule has 1 N–H and O–H groups in total. The minimum Gasteiger partial charge on any atom is -0.468 e. The maximum absolute atomic E-state index is 12.3. The highest BCUT2D eigenvalue weighted by Gasteiger charge is 2.27. The fraction of sp³-hybridized carbons (Fsp3) is 0.375. The molecule has 1 atom stereocenters. The topological polar surface area (TPSA) is 92.8 Å². The van der Waals surface area contributed by atoms with Crippen molar-refractivity contribution in [3.63, 3.8) is 0 Å². The van der Waals surface area contributed by atoms with Gasteiger partial charge in [0, 0.05) is 26.0 Å². The molecule has 0 heterocycles. The van der Waals surface area contributed by atoms with Crippen LogP contribution >= 0.6 is 0 Å². The molecule has 124 valence electrons. The largest absolute Gasteiger partial charge is 0.468 e. The number of hydrogen-bond acceptors (Lipinski definition) is 5. The lowest BCUT2D eigenvalue weighted by Gasteiger charge is -2.23. The van der Waals surface area contributed by atoms with Gasteiger partial charge in [0.25, 0.3) is 0 Å². The van der Waals surface area contributed by atoms with E-state index in [1.54, 1.807) is 30.3 Å². The monoisotopic (exact) mass is 320 g/mol. The summed E-state index contributed by atoms with van der Waals surface area (Å²) in [6.07, 6.45) is -0.187. The van der Waals surface area contributed by atoms with Crippen LogP contribution < -0.4 is 5.32 Å². The summed E-state index contributed by atoms with van der Waals surface area (Å²) < 4.78 is 4.50. The molecular formula is C16H20N2O5. The first-order valence-corrected chi connectivity index (χ1v) is 7.02. The van der Waals surface area contributed by atoms with E-state index in [0.29, 0.717) is 5.56 Å². The molecule has 1 aromatic carbocycles. The van der Waals surface area contributed by atoms with Crippen LogP contribution in [0, 0.1) is 0 Å². The molecule has 0 saturated heterocycles. The summed E-state index contributed by atoms with van der Waals surface area (Å²) in [5.41, 5.74) is 0.450. The fourth-order valence-corrected chi connectivity index (χ4v) is 1.97. The highest BCUT2D eigenvalue weighted by Crippen LogP contribution is 2.08. The van der Waals surface area contributed by atoms with Gasteiger partial charge in [-0.05, 0) is 0 Å². The Morgan fingerprint density at radius 1 is 1.17 bits per heavy atom. The molecule has 0 radical (unpaired) electrons. The summed E-state index contributed by atoms with van der Waals surface area (Å²) in [6, 6.07) is 7.44. The summed E-state index contributed by atoms with van der Waals surface area (Å²) in [4.78, 5) is 48.2. The average Bonchev–Trinajstić information content (AvgIpc) is 2.53. The van der Waals surface area contributed by atoms with Crippen molar-refractivity contribution in [2.45, 2.75) is 19.4 Å². The van der Waals surface area contributed by atoms with Gasteiger partial charge in [-0.1, -0.05) is 30.3 Å². The molecule has 0 aliphatic rings. The first-order chi connectivity index (χ1) is 10.8. The van der Waals surface area contributed by atoms with Crippen LogP contribution in [0.4, 0.5) is 0 Å². The minimum absolute atomic E-state index is 0.187. The van der Waals surface area contributed by atoms with Crippen molar-refractivity contribution in [2.75, 3.05) is 20.7 Å². The highest BCUT2D eigenvalue weighted by atomic mass is 16.5. The van der Waals surface area contributed by atoms with Crippen LogP contribution in [0.5, 0.6) is 0 Å². The first kappa shape index (κ1) is 18.3. The predicted molar refractivity (Wildman–Crippen MR) is 82.6 cm³/mol. The van der Waals surface area contributed by atoms with E-state index in [4.69, 9.17) is 0 Å². The Morgan fingerprint density at radius 2 is 1.78 bits per heavy atom. The molecule has 2 amide bonds. The van der Waals surface area contributed by atoms with Crippen LogP contribution in [-0.2, 0) is 19.1 Å². The third kappa shape index (κ3) is 5.90. The Hall–Kier alpha value is -2.70. The van der Waals surface area contributed by atoms with Crippen molar-refractivity contribution in [3.8, 4) is 0 Å². The lowest BCUT2D eigenvalue weighted by molar-refractivity contribution is -0.147. The number of likely N-dealkylation sites (N-methyl/N-ethyl adjacent to an activating group) is 1. The smallest absolute Gasteiger partial charge is 0.325 e. The van der Waals surface area contributed by atoms with Crippen LogP contribution in [0.15, 0.2) is 30.3 Å². The number of ketones is 1. The number of ether oxygens (including phenoxy) is 1. The fourth-order valence-electron chi connectivity index (χ4n) is 1.97. The van der Waals surface area contributed by atoms with E-state index in [0.717, 1.165) is 4.90 Å². The Balaban J connectivity index is 2.83. The number of carbonyl (C=O) groups is 4. The number of Topliss-reactive ketones (excluding diaryl/α,β-unsaturated/α-hetero) is 1. The van der Waals surface area contributed by atoms with Crippen molar-refractivity contribution in [1.29, 1.82) is 0 Å². The van der Waals surface area contributed by atoms with E-state index >= 15 is 0 Å². The molecule has 0 aromatic heterocycles. The van der Waals surface area contributed by atoms with Crippen LogP contribution in [0.3, 0.4) is 0 Å². The zero-order valence-corrected chi connectivity index (χ0v) is 13.4. The van der Waals surface area contributed by atoms with Gasteiger partial charge >= 0.3 is 5.97 Å². The van der Waals surface area contributed by atoms with Crippen LogP contribution in [-0.4, -0.2) is 55.2 Å². The Morgan fingerprint density at radius 3 is 2.30 bits per heavy atom. The van der Waals surface area contributed by atoms with E-state index in [1.807, 2.05) is 0 Å². The van der Waals surface area contributed by atoms with E-state index < -0.39 is 23.8 Å². The summed E-state index contributed by atoms with van der Waals surface area (Å²) in [5, 5.41) is 2.45. The maximum atomic E-state index is 12.3. The van der Waals surface area contributed by atoms with Crippen molar-refractivity contribution in [2.24, 2.45) is 0 Å². The lowest BCUT2D eigenvalue weighted by Crippen LogP contribution is -2.49. The Kier molecular flexibility index (Phi) is 6.92. The van der Waals surface area contributed by atoms with Crippen molar-refractivity contribution >= 4 is 23.6 Å². The molecule has 0 aliphatic carbocycles. The van der Waals surface area contributed by atoms with E-state index in [1.165, 1.54) is 21.1 Å². The average molecular weight is 320 g/mol. The Bertz CT molecular complexity index is 585. The SMILES string of the molecule is COC(=O)CN(C)C(=O)[C@H](CC(=O)c1ccccc1)NC(C)=O. The predicted octanol–water partition coefficient (Wildman–Crippen LogP) is 0.395. The zero-order valence-electron chi connectivity index (χ0n) is 13.4. The third-order valence-electron chi connectivity index (χ3n) is 3.13. The molecule has 0 aliphatic heterocycles. The standard InChI is InChI=1S/C16H20N2O5/c1-11(19)17-13(16(22)18(2)10-15(21)23-3)9-14(20)12-7-5-4-6-8-12/h4-8,13H,9-10H2,1-3H3,(H,17,19)/t13-/m0/s1. The van der Waals surface area contributed by atoms with Crippen molar-refractivity contribution in [1.82, 2.24) is 10.2 Å². The molecule has 0 fully saturated rings. The van der Waals surface area contributed by atoms with Crippen LogP contribution in [0.2, 0.25) is 0 Å². The highest BCUT2D eigenvalue weighted by molar-refractivity contribution is 6.00. The van der Waals surface area contributed by atoms with Gasteiger partial charge in [-0.3, -0.25) is 19.2 Å². The minimum atomic E-state index is -1.03. The number of amides is 2. The van der Waals surface area contributed by atoms with Gasteiger partial charge in [0.1, 0.15) is 12.6 Å². The molecule has 1 aromatic rings. The number of esters is 1. The number of carbonyl (C=O) groups excluding carboxylic acids is 4. The van der Waals surface area contributed by atoms with Crippen LogP contribution in [0.25, 0.3) is 0 Å². The normalized spacial score (nSPS) is 11.3. The van der Waals surface area contributed by atoms with Crippen molar-refractivity contribution < 1.29 is 23.9 Å². The summed E-state index contributed by atoms with van der Waals surface area (Å²) in [6.45, 7) is 0.999. The van der Waals surface area contributed by atoms with Gasteiger partial charge in [0.15, 0.2) is 5.78 Å². The van der Waals surface area contributed by atoms with Gasteiger partial charge in [-0.2, -0.15) is 0 Å². The second-order valence-corrected chi connectivity index (χ2v) is 5.02. The summed E-state index contributed by atoms with van der Waals surface area (Å²) >= 11 is 0. The van der Waals surface area contributed by atoms with E-state index in [9.17, 15) is 19.2 Å². The van der Waals surface area contributed by atoms with Gasteiger partial charge in [-0.15, -0.1) is 0 Å². The van der Waals surface area contributed by atoms with Gasteiger partial charge < -0.3 is 15.0 Å². The van der Waals surface area contributed by atoms with Crippen molar-refractivity contribution in [3.05, 3.63) is 35.9 Å². The number of rotatable bonds is 7. The molecule has 7 nitrogen and oxygen atoms in total. The van der Waals surface area contributed by atoms with Gasteiger partial charge in [0.2, 0.25) is 11.8 Å². The molecule has 23 heavy (non-hydrogen) atoms. The van der Waals surface area contributed by atoms with E-state index in [-0.39, 0.29) is 18.7 Å². The van der Waals surface area contributed by atoms with Gasteiger partial charge in [0.05, 0.1) is 7.11 Å². The molecule has 1 rings (SSSR count).